The van der Waals surface area contributed by atoms with E-state index in [-0.39, 0.29) is 11.3 Å². The van der Waals surface area contributed by atoms with Gasteiger partial charge >= 0.3 is 0 Å². The van der Waals surface area contributed by atoms with E-state index in [1.807, 2.05) is 0 Å². The summed E-state index contributed by atoms with van der Waals surface area (Å²) in [5, 5.41) is 21.5. The number of aromatic nitrogens is 2. The summed E-state index contributed by atoms with van der Waals surface area (Å²) in [5.41, 5.74) is 1.47. The maximum atomic E-state index is 14.3. The molecule has 0 saturated heterocycles. The first-order valence-corrected chi connectivity index (χ1v) is 9.68. The number of hydrogen-bond acceptors (Lipinski definition) is 6. The number of fused-ring (bicyclic) bond motifs is 1. The van der Waals surface area contributed by atoms with Crippen molar-refractivity contribution in [2.24, 2.45) is 0 Å². The summed E-state index contributed by atoms with van der Waals surface area (Å²) in [6.45, 7) is -0.534. The standard InChI is InChI=1S/C21H15F2N3O3S/c22-14-5-6-18-16(8-14)25-21(30-18)26-20(29)12-3-1-11(2-4-12)19-15(23)7-13(9-24-19)17(28)10-27/h1-9,17,27-28H,10H2,(H,25,26,29)/t17-/m1/s1. The van der Waals surface area contributed by atoms with Crippen molar-refractivity contribution in [2.75, 3.05) is 11.9 Å². The summed E-state index contributed by atoms with van der Waals surface area (Å²) in [6, 6.07) is 11.5. The highest BCUT2D eigenvalue weighted by Gasteiger charge is 2.14. The third-order valence-corrected chi connectivity index (χ3v) is 5.36. The Morgan fingerprint density at radius 3 is 2.60 bits per heavy atom. The molecule has 2 aromatic heterocycles. The molecular formula is C21H15F2N3O3S. The number of nitrogens with one attached hydrogen (secondary N) is 1. The normalized spacial score (nSPS) is 12.1. The topological polar surface area (TPSA) is 95.3 Å². The van der Waals surface area contributed by atoms with E-state index in [4.69, 9.17) is 5.11 Å². The van der Waals surface area contributed by atoms with Gasteiger partial charge in [0.15, 0.2) is 5.13 Å². The van der Waals surface area contributed by atoms with E-state index in [0.717, 1.165) is 10.8 Å². The number of amides is 1. The Morgan fingerprint density at radius 1 is 1.13 bits per heavy atom. The van der Waals surface area contributed by atoms with Gasteiger partial charge in [0, 0.05) is 29.0 Å². The Labute approximate surface area is 173 Å². The average molecular weight is 427 g/mol. The molecule has 4 rings (SSSR count). The van der Waals surface area contributed by atoms with Crippen molar-refractivity contribution >= 4 is 32.6 Å². The number of carbonyl (C=O) groups is 1. The Bertz CT molecular complexity index is 1230. The summed E-state index contributed by atoms with van der Waals surface area (Å²) in [7, 11) is 0. The number of thiazole rings is 1. The lowest BCUT2D eigenvalue weighted by molar-refractivity contribution is 0.0951. The molecule has 4 aromatic rings. The van der Waals surface area contributed by atoms with Crippen molar-refractivity contribution in [1.29, 1.82) is 0 Å². The molecular weight excluding hydrogens is 412 g/mol. The summed E-state index contributed by atoms with van der Waals surface area (Å²) in [4.78, 5) is 20.7. The van der Waals surface area contributed by atoms with Crippen LogP contribution in [0.5, 0.6) is 0 Å². The lowest BCUT2D eigenvalue weighted by Crippen LogP contribution is -2.11. The van der Waals surface area contributed by atoms with E-state index in [1.54, 1.807) is 18.2 Å². The van der Waals surface area contributed by atoms with Gasteiger partial charge < -0.3 is 10.2 Å². The number of carbonyl (C=O) groups excluding carboxylic acids is 1. The van der Waals surface area contributed by atoms with Gasteiger partial charge in [-0.2, -0.15) is 0 Å². The second kappa shape index (κ2) is 8.23. The predicted octanol–water partition coefficient (Wildman–Crippen LogP) is 3.91. The first-order chi connectivity index (χ1) is 14.4. The first kappa shape index (κ1) is 20.0. The first-order valence-electron chi connectivity index (χ1n) is 8.87. The highest BCUT2D eigenvalue weighted by Crippen LogP contribution is 2.27. The van der Waals surface area contributed by atoms with Crippen LogP contribution in [0.15, 0.2) is 54.7 Å². The van der Waals surface area contributed by atoms with Crippen LogP contribution in [0.4, 0.5) is 13.9 Å². The number of hydrogen-bond donors (Lipinski definition) is 3. The van der Waals surface area contributed by atoms with Gasteiger partial charge in [-0.05, 0) is 30.3 Å². The van der Waals surface area contributed by atoms with Crippen molar-refractivity contribution in [3.8, 4) is 11.3 Å². The fourth-order valence-corrected chi connectivity index (χ4v) is 3.70. The van der Waals surface area contributed by atoms with Crippen LogP contribution in [-0.4, -0.2) is 32.7 Å². The van der Waals surface area contributed by atoms with Crippen molar-refractivity contribution in [3.05, 3.63) is 77.5 Å². The van der Waals surface area contributed by atoms with E-state index < -0.39 is 30.3 Å². The zero-order valence-corrected chi connectivity index (χ0v) is 16.2. The fourth-order valence-electron chi connectivity index (χ4n) is 2.86. The van der Waals surface area contributed by atoms with Gasteiger partial charge in [-0.1, -0.05) is 23.5 Å². The minimum Gasteiger partial charge on any atom is -0.393 e. The van der Waals surface area contributed by atoms with Gasteiger partial charge in [0.2, 0.25) is 0 Å². The highest BCUT2D eigenvalue weighted by atomic mass is 32.1. The van der Waals surface area contributed by atoms with Crippen LogP contribution in [0, 0.1) is 11.6 Å². The molecule has 0 bridgehead atoms. The van der Waals surface area contributed by atoms with E-state index in [0.29, 0.717) is 21.8 Å². The van der Waals surface area contributed by atoms with Crippen LogP contribution in [0.2, 0.25) is 0 Å². The predicted molar refractivity (Wildman–Crippen MR) is 109 cm³/mol. The third kappa shape index (κ3) is 4.04. The van der Waals surface area contributed by atoms with E-state index in [1.165, 1.54) is 41.8 Å². The highest BCUT2D eigenvalue weighted by molar-refractivity contribution is 7.22. The lowest BCUT2D eigenvalue weighted by Gasteiger charge is -2.09. The maximum absolute atomic E-state index is 14.3. The Morgan fingerprint density at radius 2 is 1.90 bits per heavy atom. The fraction of sp³-hybridized carbons (Fsp3) is 0.0952. The molecule has 0 radical (unpaired) electrons. The van der Waals surface area contributed by atoms with Gasteiger partial charge in [0.1, 0.15) is 23.4 Å². The average Bonchev–Trinajstić information content (AvgIpc) is 3.14. The number of pyridine rings is 1. The number of aliphatic hydroxyl groups is 2. The van der Waals surface area contributed by atoms with E-state index in [9.17, 15) is 18.7 Å². The van der Waals surface area contributed by atoms with Gasteiger partial charge in [-0.3, -0.25) is 15.1 Å². The molecule has 152 valence electrons. The van der Waals surface area contributed by atoms with Crippen molar-refractivity contribution in [1.82, 2.24) is 9.97 Å². The zero-order chi connectivity index (χ0) is 21.3. The molecule has 30 heavy (non-hydrogen) atoms. The van der Waals surface area contributed by atoms with Crippen LogP contribution < -0.4 is 5.32 Å². The van der Waals surface area contributed by atoms with Crippen molar-refractivity contribution in [2.45, 2.75) is 6.10 Å². The molecule has 0 unspecified atom stereocenters. The van der Waals surface area contributed by atoms with Gasteiger partial charge in [0.25, 0.3) is 5.91 Å². The lowest BCUT2D eigenvalue weighted by atomic mass is 10.1. The number of aliphatic hydroxyl groups excluding tert-OH is 2. The molecule has 0 fully saturated rings. The minimum atomic E-state index is -1.20. The molecule has 2 heterocycles. The van der Waals surface area contributed by atoms with E-state index in [2.05, 4.69) is 15.3 Å². The number of benzene rings is 2. The molecule has 1 amide bonds. The van der Waals surface area contributed by atoms with Gasteiger partial charge in [-0.25, -0.2) is 13.8 Å². The Kier molecular flexibility index (Phi) is 5.49. The summed E-state index contributed by atoms with van der Waals surface area (Å²) >= 11 is 1.23. The molecule has 0 aliphatic rings. The maximum Gasteiger partial charge on any atom is 0.257 e. The second-order valence-corrected chi connectivity index (χ2v) is 7.49. The second-order valence-electron chi connectivity index (χ2n) is 6.46. The molecule has 6 nitrogen and oxygen atoms in total. The molecule has 0 saturated carbocycles. The number of anilines is 1. The van der Waals surface area contributed by atoms with Crippen molar-refractivity contribution < 1.29 is 23.8 Å². The molecule has 0 spiro atoms. The molecule has 2 aromatic carbocycles. The SMILES string of the molecule is O=C(Nc1nc2cc(F)ccc2s1)c1ccc(-c2ncc([C@H](O)CO)cc2F)cc1. The summed E-state index contributed by atoms with van der Waals surface area (Å²) < 4.78 is 28.4. The van der Waals surface area contributed by atoms with E-state index >= 15 is 0 Å². The monoisotopic (exact) mass is 427 g/mol. The van der Waals surface area contributed by atoms with Gasteiger partial charge in [0.05, 0.1) is 16.8 Å². The Balaban J connectivity index is 1.52. The van der Waals surface area contributed by atoms with Crippen molar-refractivity contribution in [3.63, 3.8) is 0 Å². The molecule has 3 N–H and O–H groups in total. The van der Waals surface area contributed by atoms with Crippen LogP contribution in [0.1, 0.15) is 22.0 Å². The van der Waals surface area contributed by atoms with Gasteiger partial charge in [-0.15, -0.1) is 0 Å². The number of halogens is 2. The summed E-state index contributed by atoms with van der Waals surface area (Å²) in [5.74, 6) is -1.46. The molecule has 0 aliphatic heterocycles. The number of rotatable bonds is 5. The smallest absolute Gasteiger partial charge is 0.257 e. The van der Waals surface area contributed by atoms with Crippen LogP contribution in [0.3, 0.4) is 0 Å². The zero-order valence-electron chi connectivity index (χ0n) is 15.3. The number of nitrogens with zero attached hydrogens (tertiary/aromatic N) is 2. The summed E-state index contributed by atoms with van der Waals surface area (Å²) in [6.07, 6.45) is 0.0849. The largest absolute Gasteiger partial charge is 0.393 e. The Hall–Kier alpha value is -3.27. The minimum absolute atomic E-state index is 0.0593. The molecule has 9 heteroatoms. The van der Waals surface area contributed by atoms with Crippen LogP contribution in [-0.2, 0) is 0 Å². The van der Waals surface area contributed by atoms with Crippen LogP contribution in [0.25, 0.3) is 21.5 Å². The molecule has 1 atom stereocenters. The molecule has 0 aliphatic carbocycles. The van der Waals surface area contributed by atoms with Crippen LogP contribution >= 0.6 is 11.3 Å². The third-order valence-electron chi connectivity index (χ3n) is 4.41. The quantitative estimate of drug-likeness (QED) is 0.449.